The number of amides is 1. The Morgan fingerprint density at radius 1 is 1.10 bits per heavy atom. The number of pyridine rings is 1. The smallest absolute Gasteiger partial charge is 0.348 e. The van der Waals surface area contributed by atoms with Crippen LogP contribution in [0.3, 0.4) is 0 Å². The average Bonchev–Trinajstić information content (AvgIpc) is 3.01. The van der Waals surface area contributed by atoms with Crippen molar-refractivity contribution >= 4 is 16.8 Å². The number of hydrogen-bond acceptors (Lipinski definition) is 3. The first-order valence-corrected chi connectivity index (χ1v) is 8.76. The summed E-state index contributed by atoms with van der Waals surface area (Å²) in [6, 6.07) is 5.22. The van der Waals surface area contributed by atoms with Crippen LogP contribution >= 0.6 is 0 Å². The van der Waals surface area contributed by atoms with E-state index in [9.17, 15) is 31.1 Å². The lowest BCUT2D eigenvalue weighted by Gasteiger charge is -2.14. The van der Waals surface area contributed by atoms with Gasteiger partial charge in [-0.25, -0.2) is 0 Å². The molecule has 30 heavy (non-hydrogen) atoms. The van der Waals surface area contributed by atoms with Crippen LogP contribution in [-0.4, -0.2) is 26.8 Å². The number of hydrogen-bond donors (Lipinski definition) is 1. The summed E-state index contributed by atoms with van der Waals surface area (Å²) in [7, 11) is 0. The Kier molecular flexibility index (Phi) is 5.73. The van der Waals surface area contributed by atoms with Gasteiger partial charge >= 0.3 is 12.4 Å². The highest BCUT2D eigenvalue weighted by Crippen LogP contribution is 2.29. The predicted molar refractivity (Wildman–Crippen MR) is 95.3 cm³/mol. The van der Waals surface area contributed by atoms with Gasteiger partial charge in [0.2, 0.25) is 5.91 Å². The number of fused-ring (bicyclic) bond motifs is 1. The molecule has 3 rings (SSSR count). The van der Waals surface area contributed by atoms with E-state index in [2.05, 4.69) is 15.4 Å². The summed E-state index contributed by atoms with van der Waals surface area (Å²) in [5, 5.41) is 6.82. The van der Waals surface area contributed by atoms with Crippen molar-refractivity contribution in [3.05, 3.63) is 59.5 Å². The Hall–Kier alpha value is -3.11. The van der Waals surface area contributed by atoms with Crippen LogP contribution in [0.5, 0.6) is 0 Å². The van der Waals surface area contributed by atoms with Gasteiger partial charge < -0.3 is 5.32 Å². The van der Waals surface area contributed by atoms with Crippen LogP contribution in [0, 0.1) is 0 Å². The van der Waals surface area contributed by atoms with Gasteiger partial charge in [0.15, 0.2) is 0 Å². The Labute approximate surface area is 166 Å². The van der Waals surface area contributed by atoms with E-state index in [1.807, 2.05) is 0 Å². The van der Waals surface area contributed by atoms with Gasteiger partial charge in [0.25, 0.3) is 0 Å². The monoisotopic (exact) mass is 430 g/mol. The molecule has 1 aromatic carbocycles. The first kappa shape index (κ1) is 21.6. The second kappa shape index (κ2) is 7.96. The summed E-state index contributed by atoms with van der Waals surface area (Å²) in [6.45, 7) is 0.399. The molecule has 0 spiro atoms. The number of halogens is 6. The van der Waals surface area contributed by atoms with Crippen molar-refractivity contribution in [1.82, 2.24) is 20.1 Å². The molecule has 160 valence electrons. The lowest BCUT2D eigenvalue weighted by molar-refractivity contribution is -0.142. The predicted octanol–water partition coefficient (Wildman–Crippen LogP) is 4.43. The number of carbonyl (C=O) groups is 1. The van der Waals surface area contributed by atoms with Crippen LogP contribution in [0.15, 0.2) is 42.7 Å². The second-order valence-electron chi connectivity index (χ2n) is 6.75. The zero-order chi connectivity index (χ0) is 22.1. The minimum atomic E-state index is -4.45. The third-order valence-electron chi connectivity index (χ3n) is 4.35. The quantitative estimate of drug-likeness (QED) is 0.610. The molecular weight excluding hydrogens is 414 g/mol. The number of nitrogens with zero attached hydrogens (tertiary/aromatic N) is 3. The van der Waals surface area contributed by atoms with E-state index in [0.717, 1.165) is 16.8 Å². The fourth-order valence-electron chi connectivity index (χ4n) is 2.89. The molecule has 1 N–H and O–H groups in total. The van der Waals surface area contributed by atoms with Gasteiger partial charge in [-0.1, -0.05) is 12.1 Å². The Morgan fingerprint density at radius 2 is 1.77 bits per heavy atom. The number of benzene rings is 1. The fraction of sp³-hybridized carbons (Fsp3) is 0.316. The minimum Gasteiger partial charge on any atom is -0.348 e. The maximum atomic E-state index is 12.6. The molecule has 0 bridgehead atoms. The topological polar surface area (TPSA) is 59.8 Å². The van der Waals surface area contributed by atoms with Crippen molar-refractivity contribution in [2.24, 2.45) is 0 Å². The van der Waals surface area contributed by atoms with E-state index < -0.39 is 36.4 Å². The summed E-state index contributed by atoms with van der Waals surface area (Å²) in [5.41, 5.74) is 0.224. The highest BCUT2D eigenvalue weighted by Gasteiger charge is 2.30. The van der Waals surface area contributed by atoms with E-state index in [-0.39, 0.29) is 11.9 Å². The molecule has 1 unspecified atom stereocenters. The molecule has 0 fully saturated rings. The van der Waals surface area contributed by atoms with Crippen molar-refractivity contribution in [3.63, 3.8) is 0 Å². The van der Waals surface area contributed by atoms with Gasteiger partial charge in [-0.3, -0.25) is 14.5 Å². The molecule has 2 aromatic heterocycles. The maximum Gasteiger partial charge on any atom is 0.416 e. The minimum absolute atomic E-state index is 0.131. The number of alkyl halides is 6. The van der Waals surface area contributed by atoms with E-state index >= 15 is 0 Å². The summed E-state index contributed by atoms with van der Waals surface area (Å²) >= 11 is 0. The summed E-state index contributed by atoms with van der Waals surface area (Å²) < 4.78 is 76.3. The molecule has 1 atom stereocenters. The molecule has 11 heteroatoms. The molecule has 0 saturated carbocycles. The Bertz CT molecular complexity index is 1040. The Morgan fingerprint density at radius 3 is 2.37 bits per heavy atom. The van der Waals surface area contributed by atoms with Crippen LogP contribution in [0.25, 0.3) is 10.9 Å². The van der Waals surface area contributed by atoms with Crippen molar-refractivity contribution in [3.8, 4) is 0 Å². The Balaban J connectivity index is 1.65. The normalized spacial score (nSPS) is 13.4. The van der Waals surface area contributed by atoms with Crippen LogP contribution in [0.2, 0.25) is 0 Å². The summed E-state index contributed by atoms with van der Waals surface area (Å²) in [4.78, 5) is 16.3. The fourth-order valence-corrected chi connectivity index (χ4v) is 2.89. The molecule has 0 saturated heterocycles. The van der Waals surface area contributed by atoms with Gasteiger partial charge in [-0.2, -0.15) is 31.4 Å². The van der Waals surface area contributed by atoms with Crippen molar-refractivity contribution in [1.29, 1.82) is 0 Å². The van der Waals surface area contributed by atoms with Crippen LogP contribution in [0.4, 0.5) is 26.3 Å². The molecule has 0 aliphatic carbocycles. The molecule has 1 amide bonds. The van der Waals surface area contributed by atoms with Gasteiger partial charge in [0.1, 0.15) is 6.54 Å². The number of carbonyl (C=O) groups excluding carboxylic acids is 1. The number of rotatable bonds is 5. The molecule has 0 radical (unpaired) electrons. The van der Waals surface area contributed by atoms with Crippen molar-refractivity contribution in [2.75, 3.05) is 0 Å². The first-order chi connectivity index (χ1) is 13.9. The largest absolute Gasteiger partial charge is 0.416 e. The molecule has 2 heterocycles. The molecular formula is C19H16F6N4O. The van der Waals surface area contributed by atoms with E-state index in [1.165, 1.54) is 30.6 Å². The third-order valence-corrected chi connectivity index (χ3v) is 4.35. The van der Waals surface area contributed by atoms with Gasteiger partial charge in [-0.15, -0.1) is 0 Å². The lowest BCUT2D eigenvalue weighted by atomic mass is 10.1. The van der Waals surface area contributed by atoms with Gasteiger partial charge in [-0.05, 0) is 30.7 Å². The highest BCUT2D eigenvalue weighted by atomic mass is 19.4. The number of aromatic nitrogens is 3. The van der Waals surface area contributed by atoms with Gasteiger partial charge in [0, 0.05) is 5.39 Å². The van der Waals surface area contributed by atoms with Crippen LogP contribution in [-0.2, 0) is 23.9 Å². The molecule has 3 aromatic rings. The van der Waals surface area contributed by atoms with E-state index in [4.69, 9.17) is 0 Å². The van der Waals surface area contributed by atoms with Crippen molar-refractivity contribution in [2.45, 2.75) is 38.3 Å². The van der Waals surface area contributed by atoms with Crippen LogP contribution in [0.1, 0.15) is 29.8 Å². The lowest BCUT2D eigenvalue weighted by Crippen LogP contribution is -2.28. The van der Waals surface area contributed by atoms with Crippen molar-refractivity contribution < 1.29 is 31.1 Å². The molecule has 0 aliphatic rings. The first-order valence-electron chi connectivity index (χ1n) is 8.76. The zero-order valence-corrected chi connectivity index (χ0v) is 15.6. The maximum absolute atomic E-state index is 12.6. The second-order valence-corrected chi connectivity index (χ2v) is 6.75. The van der Waals surface area contributed by atoms with E-state index in [1.54, 1.807) is 6.92 Å². The number of nitrogens with one attached hydrogen (secondary N) is 1. The average molecular weight is 430 g/mol. The zero-order valence-electron chi connectivity index (χ0n) is 15.6. The van der Waals surface area contributed by atoms with Gasteiger partial charge in [0.05, 0.1) is 41.6 Å². The molecule has 5 nitrogen and oxygen atoms in total. The van der Waals surface area contributed by atoms with E-state index in [0.29, 0.717) is 16.6 Å². The summed E-state index contributed by atoms with van der Waals surface area (Å²) in [6.07, 6.45) is -6.47. The van der Waals surface area contributed by atoms with Crippen LogP contribution < -0.4 is 5.32 Å². The third kappa shape index (κ3) is 5.28. The highest BCUT2D eigenvalue weighted by molar-refractivity contribution is 5.80. The molecule has 0 aliphatic heterocycles. The SMILES string of the molecule is CC(NC(=O)Cc1ccc(C(F)(F)F)cc1)c1cc2cnn(CC(F)(F)F)c2cn1. The standard InChI is InChI=1S/C19H16F6N4O/c1-11(28-17(30)6-12-2-4-14(5-3-12)19(23,24)25)15-7-13-8-27-29(10-18(20,21)22)16(13)9-26-15/h2-5,7-9,11H,6,10H2,1H3,(H,28,30). The summed E-state index contributed by atoms with van der Waals surface area (Å²) in [5.74, 6) is -0.433.